The van der Waals surface area contributed by atoms with Crippen molar-refractivity contribution in [3.63, 3.8) is 0 Å². The normalized spacial score (nSPS) is 18.0. The second kappa shape index (κ2) is 8.82. The predicted octanol–water partition coefficient (Wildman–Crippen LogP) is 7.96. The molecule has 1 atom stereocenters. The first kappa shape index (κ1) is 26.7. The fraction of sp³-hybridized carbons (Fsp3) is 0.225. The summed E-state index contributed by atoms with van der Waals surface area (Å²) >= 11 is 0.172. The van der Waals surface area contributed by atoms with Gasteiger partial charge in [0, 0.05) is 0 Å². The molecular weight excluding hydrogens is 589 g/mol. The quantitative estimate of drug-likeness (QED) is 0.160. The summed E-state index contributed by atoms with van der Waals surface area (Å²) in [6.07, 6.45) is 0. The van der Waals surface area contributed by atoms with E-state index in [9.17, 15) is 4.79 Å². The van der Waals surface area contributed by atoms with E-state index in [0.29, 0.717) is 0 Å². The van der Waals surface area contributed by atoms with Crippen molar-refractivity contribution in [2.24, 2.45) is 0 Å². The monoisotopic (exact) mass is 625 g/mol. The van der Waals surface area contributed by atoms with Gasteiger partial charge in [0.15, 0.2) is 0 Å². The van der Waals surface area contributed by atoms with Crippen LogP contribution in [0.5, 0.6) is 0 Å². The Labute approximate surface area is 260 Å². The molecule has 1 unspecified atom stereocenters. The maximum absolute atomic E-state index is 14.6. The molecule has 0 bridgehead atoms. The maximum atomic E-state index is 14.6. The molecule has 1 aliphatic carbocycles. The third kappa shape index (κ3) is 3.56. The Morgan fingerprint density at radius 2 is 1.19 bits per heavy atom. The molecule has 0 fully saturated rings. The van der Waals surface area contributed by atoms with Crippen molar-refractivity contribution >= 4 is 46.7 Å². The third-order valence-corrected chi connectivity index (χ3v) is 11.9. The number of carbonyl (C=O) groups excluding carboxylic acids is 1. The number of nitrogens with zero attached hydrogens (tertiary/aromatic N) is 1. The van der Waals surface area contributed by atoms with E-state index in [1.54, 1.807) is 0 Å². The Bertz CT molecular complexity index is 2010. The van der Waals surface area contributed by atoms with Crippen molar-refractivity contribution in [1.82, 2.24) is 0 Å². The van der Waals surface area contributed by atoms with Crippen LogP contribution < -0.4 is 13.8 Å². The van der Waals surface area contributed by atoms with Crippen LogP contribution in [0.2, 0.25) is 0 Å². The first-order valence-corrected chi connectivity index (χ1v) is 16.9. The number of hydrogen-bond donors (Lipinski definition) is 0. The number of rotatable bonds is 0. The number of carbonyl (C=O) groups is 1. The van der Waals surface area contributed by atoms with Crippen molar-refractivity contribution < 1.29 is 4.79 Å². The topological polar surface area (TPSA) is 20.3 Å². The minimum atomic E-state index is -0.628. The first-order chi connectivity index (χ1) is 20.5. The van der Waals surface area contributed by atoms with E-state index in [1.807, 2.05) is 0 Å². The van der Waals surface area contributed by atoms with Crippen LogP contribution in [0.3, 0.4) is 0 Å². The Balaban J connectivity index is 1.57. The van der Waals surface area contributed by atoms with Crippen LogP contribution in [0.1, 0.15) is 90.8 Å². The molecule has 2 heterocycles. The average molecular weight is 625 g/mol. The Hall–Kier alpha value is -3.91. The van der Waals surface area contributed by atoms with E-state index in [-0.39, 0.29) is 31.6 Å². The van der Waals surface area contributed by atoms with Crippen molar-refractivity contribution in [1.29, 1.82) is 0 Å². The summed E-state index contributed by atoms with van der Waals surface area (Å²) < 4.78 is 2.78. The van der Waals surface area contributed by atoms with E-state index in [4.69, 9.17) is 0 Å². The molecule has 2 nitrogen and oxygen atoms in total. The van der Waals surface area contributed by atoms with Crippen LogP contribution in [0.4, 0.5) is 17.1 Å². The van der Waals surface area contributed by atoms with Gasteiger partial charge in [-0.15, -0.1) is 0 Å². The second-order valence-electron chi connectivity index (χ2n) is 14.2. The fourth-order valence-electron chi connectivity index (χ4n) is 7.40. The van der Waals surface area contributed by atoms with E-state index in [0.717, 1.165) is 22.3 Å². The SMILES string of the molecule is CC(C)(C)c1ccc2c(c1)C(=O)c1ccc(C(C)(C)C)cc1C21c2ccccc2N2c3ccccc3[Se]c3cccc1c32. The van der Waals surface area contributed by atoms with Gasteiger partial charge in [-0.2, -0.15) is 0 Å². The molecule has 212 valence electrons. The summed E-state index contributed by atoms with van der Waals surface area (Å²) in [6, 6.07) is 38.0. The van der Waals surface area contributed by atoms with E-state index < -0.39 is 5.41 Å². The van der Waals surface area contributed by atoms with E-state index in [1.165, 1.54) is 48.2 Å². The van der Waals surface area contributed by atoms with Crippen LogP contribution in [0.25, 0.3) is 0 Å². The fourth-order valence-corrected chi connectivity index (χ4v) is 9.69. The molecule has 0 amide bonds. The van der Waals surface area contributed by atoms with Crippen molar-refractivity contribution in [3.8, 4) is 0 Å². The van der Waals surface area contributed by atoms with Crippen LogP contribution in [0.15, 0.2) is 103 Å². The number of ketones is 1. The number of hydrogen-bond acceptors (Lipinski definition) is 2. The Kier molecular flexibility index (Phi) is 5.47. The second-order valence-corrected chi connectivity index (χ2v) is 16.4. The molecule has 5 aromatic rings. The molecule has 2 aliphatic heterocycles. The van der Waals surface area contributed by atoms with Gasteiger partial charge in [-0.1, -0.05) is 0 Å². The molecule has 0 radical (unpaired) electrons. The zero-order valence-electron chi connectivity index (χ0n) is 25.6. The molecular formula is C40H35NOSe. The Morgan fingerprint density at radius 1 is 0.558 bits per heavy atom. The molecule has 3 heteroatoms. The standard InChI is InChI=1S/C40H35NOSe/c1-38(2,3)24-19-21-28-27(22-24)37(42)26-20-18-25(39(4,5)6)23-31(26)40(28)29-12-7-8-14-32(29)41-33-15-9-10-16-34(33)43-35-17-11-13-30(40)36(35)41/h7-23H,1-6H3. The molecule has 0 saturated carbocycles. The zero-order chi connectivity index (χ0) is 29.9. The minimum absolute atomic E-state index is 0.0615. The molecule has 0 aromatic heterocycles. The van der Waals surface area contributed by atoms with Crippen molar-refractivity contribution in [2.45, 2.75) is 57.8 Å². The summed E-state index contributed by atoms with van der Waals surface area (Å²) in [7, 11) is 0. The number of anilines is 3. The van der Waals surface area contributed by atoms with Gasteiger partial charge in [-0.05, 0) is 0 Å². The third-order valence-electron chi connectivity index (χ3n) is 9.57. The van der Waals surface area contributed by atoms with Gasteiger partial charge in [0.1, 0.15) is 0 Å². The van der Waals surface area contributed by atoms with Crippen LogP contribution in [0, 0.1) is 0 Å². The van der Waals surface area contributed by atoms with E-state index in [2.05, 4.69) is 150 Å². The van der Waals surface area contributed by atoms with Gasteiger partial charge in [0.25, 0.3) is 0 Å². The molecule has 0 N–H and O–H groups in total. The molecule has 0 saturated heterocycles. The summed E-state index contributed by atoms with van der Waals surface area (Å²) in [5.74, 6) is 0.126. The average Bonchev–Trinajstić information content (AvgIpc) is 2.99. The molecule has 43 heavy (non-hydrogen) atoms. The Morgan fingerprint density at radius 3 is 1.95 bits per heavy atom. The van der Waals surface area contributed by atoms with Gasteiger partial charge in [-0.25, -0.2) is 0 Å². The van der Waals surface area contributed by atoms with Gasteiger partial charge < -0.3 is 0 Å². The summed E-state index contributed by atoms with van der Waals surface area (Å²) in [5.41, 5.74) is 11.7. The predicted molar refractivity (Wildman–Crippen MR) is 179 cm³/mol. The van der Waals surface area contributed by atoms with Crippen molar-refractivity contribution in [2.75, 3.05) is 4.90 Å². The number of fused-ring (bicyclic) bond motifs is 10. The van der Waals surface area contributed by atoms with Crippen LogP contribution in [-0.2, 0) is 16.2 Å². The molecule has 5 aromatic carbocycles. The van der Waals surface area contributed by atoms with Gasteiger partial charge in [-0.3, -0.25) is 0 Å². The van der Waals surface area contributed by atoms with Crippen LogP contribution in [-0.4, -0.2) is 20.7 Å². The molecule has 3 aliphatic rings. The van der Waals surface area contributed by atoms with E-state index >= 15 is 0 Å². The van der Waals surface area contributed by atoms with Gasteiger partial charge in [0.05, 0.1) is 0 Å². The summed E-state index contributed by atoms with van der Waals surface area (Å²) in [5, 5.41) is 0. The zero-order valence-corrected chi connectivity index (χ0v) is 27.3. The number of benzene rings is 5. The van der Waals surface area contributed by atoms with Gasteiger partial charge >= 0.3 is 262 Å². The summed E-state index contributed by atoms with van der Waals surface area (Å²) in [4.78, 5) is 17.1. The van der Waals surface area contributed by atoms with Crippen molar-refractivity contribution in [3.05, 3.63) is 148 Å². The first-order valence-electron chi connectivity index (χ1n) is 15.2. The van der Waals surface area contributed by atoms with Crippen LogP contribution >= 0.6 is 0 Å². The number of para-hydroxylation sites is 3. The van der Waals surface area contributed by atoms with Gasteiger partial charge in [0.2, 0.25) is 0 Å². The molecule has 1 spiro atoms. The summed E-state index contributed by atoms with van der Waals surface area (Å²) in [6.45, 7) is 13.5. The molecule has 8 rings (SSSR count).